The van der Waals surface area contributed by atoms with Crippen molar-refractivity contribution in [3.8, 4) is 6.07 Å². The number of benzene rings is 1. The second kappa shape index (κ2) is 4.96. The highest BCUT2D eigenvalue weighted by Gasteiger charge is 2.44. The molecule has 1 amide bonds. The second-order valence-electron chi connectivity index (χ2n) is 4.77. The SMILES string of the molecule is CC1(C(=O)Nc2cccc(F)c2C#N)COCC1N. The molecule has 0 aromatic heterocycles. The smallest absolute Gasteiger partial charge is 0.234 e. The summed E-state index contributed by atoms with van der Waals surface area (Å²) in [6, 6.07) is 5.38. The van der Waals surface area contributed by atoms with Crippen molar-refractivity contribution in [2.75, 3.05) is 18.5 Å². The number of carbonyl (C=O) groups excluding carboxylic acids is 1. The van der Waals surface area contributed by atoms with Crippen LogP contribution in [-0.2, 0) is 9.53 Å². The summed E-state index contributed by atoms with van der Waals surface area (Å²) >= 11 is 0. The van der Waals surface area contributed by atoms with Crippen LogP contribution in [-0.4, -0.2) is 25.2 Å². The Morgan fingerprint density at radius 3 is 3.00 bits per heavy atom. The molecule has 0 spiro atoms. The van der Waals surface area contributed by atoms with Gasteiger partial charge in [0.2, 0.25) is 5.91 Å². The Hall–Kier alpha value is -1.97. The number of rotatable bonds is 2. The number of halogens is 1. The molecule has 2 unspecified atom stereocenters. The average Bonchev–Trinajstić information content (AvgIpc) is 2.71. The number of nitriles is 1. The Kier molecular flexibility index (Phi) is 3.51. The molecule has 0 bridgehead atoms. The van der Waals surface area contributed by atoms with Gasteiger partial charge >= 0.3 is 0 Å². The number of ether oxygens (including phenoxy) is 1. The van der Waals surface area contributed by atoms with Crippen LogP contribution in [0.5, 0.6) is 0 Å². The van der Waals surface area contributed by atoms with E-state index in [0.717, 1.165) is 0 Å². The minimum atomic E-state index is -0.876. The first-order chi connectivity index (χ1) is 8.99. The van der Waals surface area contributed by atoms with Gasteiger partial charge in [-0.2, -0.15) is 5.26 Å². The van der Waals surface area contributed by atoms with Gasteiger partial charge in [0.05, 0.1) is 24.3 Å². The van der Waals surface area contributed by atoms with Gasteiger partial charge in [0.25, 0.3) is 0 Å². The molecule has 1 saturated heterocycles. The van der Waals surface area contributed by atoms with E-state index in [1.54, 1.807) is 13.0 Å². The molecular formula is C13H14FN3O2. The van der Waals surface area contributed by atoms with E-state index in [1.165, 1.54) is 18.2 Å². The van der Waals surface area contributed by atoms with Gasteiger partial charge in [0, 0.05) is 6.04 Å². The Morgan fingerprint density at radius 2 is 2.42 bits per heavy atom. The monoisotopic (exact) mass is 263 g/mol. The van der Waals surface area contributed by atoms with E-state index in [9.17, 15) is 9.18 Å². The minimum absolute atomic E-state index is 0.146. The molecule has 1 aliphatic rings. The van der Waals surface area contributed by atoms with Crippen LogP contribution in [0.3, 0.4) is 0 Å². The molecule has 0 radical (unpaired) electrons. The molecule has 0 saturated carbocycles. The third-order valence-electron chi connectivity index (χ3n) is 3.41. The summed E-state index contributed by atoms with van der Waals surface area (Å²) in [5, 5.41) is 11.5. The van der Waals surface area contributed by atoms with Crippen LogP contribution in [0.15, 0.2) is 18.2 Å². The molecule has 1 aliphatic heterocycles. The highest BCUT2D eigenvalue weighted by molar-refractivity contribution is 5.97. The van der Waals surface area contributed by atoms with E-state index in [4.69, 9.17) is 15.7 Å². The highest BCUT2D eigenvalue weighted by Crippen LogP contribution is 2.29. The molecule has 1 fully saturated rings. The summed E-state index contributed by atoms with van der Waals surface area (Å²) in [6.07, 6.45) is 0. The lowest BCUT2D eigenvalue weighted by molar-refractivity contribution is -0.125. The van der Waals surface area contributed by atoms with Crippen molar-refractivity contribution in [1.82, 2.24) is 0 Å². The quantitative estimate of drug-likeness (QED) is 0.833. The van der Waals surface area contributed by atoms with Crippen LogP contribution >= 0.6 is 0 Å². The zero-order valence-corrected chi connectivity index (χ0v) is 10.4. The Labute approximate surface area is 110 Å². The van der Waals surface area contributed by atoms with Gasteiger partial charge < -0.3 is 15.8 Å². The van der Waals surface area contributed by atoms with Gasteiger partial charge in [0.1, 0.15) is 17.4 Å². The first-order valence-corrected chi connectivity index (χ1v) is 5.82. The summed E-state index contributed by atoms with van der Waals surface area (Å²) in [5.74, 6) is -1.04. The maximum atomic E-state index is 13.4. The molecule has 5 nitrogen and oxygen atoms in total. The van der Waals surface area contributed by atoms with Crippen molar-refractivity contribution >= 4 is 11.6 Å². The number of amides is 1. The molecular weight excluding hydrogens is 249 g/mol. The molecule has 2 atom stereocenters. The van der Waals surface area contributed by atoms with Gasteiger partial charge in [-0.05, 0) is 19.1 Å². The number of nitrogens with zero attached hydrogens (tertiary/aromatic N) is 1. The third kappa shape index (κ3) is 2.30. The summed E-state index contributed by atoms with van der Waals surface area (Å²) in [4.78, 5) is 12.2. The molecule has 100 valence electrons. The largest absolute Gasteiger partial charge is 0.379 e. The first kappa shape index (κ1) is 13.5. The Morgan fingerprint density at radius 1 is 1.68 bits per heavy atom. The van der Waals surface area contributed by atoms with Crippen LogP contribution in [0.25, 0.3) is 0 Å². The molecule has 2 rings (SSSR count). The van der Waals surface area contributed by atoms with Crippen molar-refractivity contribution in [2.45, 2.75) is 13.0 Å². The van der Waals surface area contributed by atoms with Gasteiger partial charge in [-0.1, -0.05) is 6.07 Å². The van der Waals surface area contributed by atoms with Crippen LogP contribution in [0.1, 0.15) is 12.5 Å². The van der Waals surface area contributed by atoms with E-state index in [-0.39, 0.29) is 23.8 Å². The molecule has 1 heterocycles. The summed E-state index contributed by atoms with van der Waals surface area (Å²) < 4.78 is 18.6. The van der Waals surface area contributed by atoms with Gasteiger partial charge in [0.15, 0.2) is 0 Å². The van der Waals surface area contributed by atoms with Crippen molar-refractivity contribution in [2.24, 2.45) is 11.1 Å². The van der Waals surface area contributed by atoms with Crippen LogP contribution in [0, 0.1) is 22.6 Å². The summed E-state index contributed by atoms with van der Waals surface area (Å²) in [6.45, 7) is 2.20. The van der Waals surface area contributed by atoms with Crippen molar-refractivity contribution in [3.63, 3.8) is 0 Å². The van der Waals surface area contributed by atoms with Crippen LogP contribution in [0.2, 0.25) is 0 Å². The van der Waals surface area contributed by atoms with E-state index in [1.807, 2.05) is 0 Å². The van der Waals surface area contributed by atoms with Gasteiger partial charge in [-0.25, -0.2) is 4.39 Å². The average molecular weight is 263 g/mol. The lowest BCUT2D eigenvalue weighted by Gasteiger charge is -2.25. The first-order valence-electron chi connectivity index (χ1n) is 5.82. The lowest BCUT2D eigenvalue weighted by atomic mass is 9.84. The number of nitrogens with one attached hydrogen (secondary N) is 1. The highest BCUT2D eigenvalue weighted by atomic mass is 19.1. The molecule has 19 heavy (non-hydrogen) atoms. The predicted octanol–water partition coefficient (Wildman–Crippen LogP) is 1.000. The fourth-order valence-electron chi connectivity index (χ4n) is 1.93. The molecule has 3 N–H and O–H groups in total. The van der Waals surface area contributed by atoms with E-state index >= 15 is 0 Å². The maximum absolute atomic E-state index is 13.4. The minimum Gasteiger partial charge on any atom is -0.379 e. The van der Waals surface area contributed by atoms with Crippen molar-refractivity contribution < 1.29 is 13.9 Å². The topological polar surface area (TPSA) is 88.1 Å². The van der Waals surface area contributed by atoms with Crippen molar-refractivity contribution in [3.05, 3.63) is 29.6 Å². The number of hydrogen-bond donors (Lipinski definition) is 2. The summed E-state index contributed by atoms with van der Waals surface area (Å²) in [5.41, 5.74) is 4.93. The Balaban J connectivity index is 2.25. The third-order valence-corrected chi connectivity index (χ3v) is 3.41. The Bertz CT molecular complexity index is 555. The molecule has 1 aromatic carbocycles. The van der Waals surface area contributed by atoms with Gasteiger partial charge in [-0.15, -0.1) is 0 Å². The fourth-order valence-corrected chi connectivity index (χ4v) is 1.93. The van der Waals surface area contributed by atoms with Gasteiger partial charge in [-0.3, -0.25) is 4.79 Å². The number of hydrogen-bond acceptors (Lipinski definition) is 4. The molecule has 6 heteroatoms. The molecule has 1 aromatic rings. The van der Waals surface area contributed by atoms with Crippen molar-refractivity contribution in [1.29, 1.82) is 5.26 Å². The van der Waals surface area contributed by atoms with E-state index in [0.29, 0.717) is 6.61 Å². The molecule has 0 aliphatic carbocycles. The predicted molar refractivity (Wildman–Crippen MR) is 66.6 cm³/mol. The number of anilines is 1. The number of nitrogens with two attached hydrogens (primary N) is 1. The lowest BCUT2D eigenvalue weighted by Crippen LogP contribution is -2.47. The number of carbonyl (C=O) groups is 1. The van der Waals surface area contributed by atoms with E-state index in [2.05, 4.69) is 5.32 Å². The van der Waals surface area contributed by atoms with E-state index < -0.39 is 17.3 Å². The second-order valence-corrected chi connectivity index (χ2v) is 4.77. The standard InChI is InChI=1S/C13H14FN3O2/c1-13(7-19-6-11(13)16)12(18)17-10-4-2-3-9(14)8(10)5-15/h2-4,11H,6-7,16H2,1H3,(H,17,18). The fraction of sp³-hybridized carbons (Fsp3) is 0.385. The zero-order valence-electron chi connectivity index (χ0n) is 10.4. The maximum Gasteiger partial charge on any atom is 0.234 e. The van der Waals surface area contributed by atoms with Crippen LogP contribution in [0.4, 0.5) is 10.1 Å². The summed E-state index contributed by atoms with van der Waals surface area (Å²) in [7, 11) is 0. The normalized spacial score (nSPS) is 25.9. The van der Waals surface area contributed by atoms with Crippen LogP contribution < -0.4 is 11.1 Å². The zero-order chi connectivity index (χ0) is 14.0.